The van der Waals surface area contributed by atoms with E-state index in [-0.39, 0.29) is 23.9 Å². The number of hydrogen-bond donors (Lipinski definition) is 0. The fourth-order valence-corrected chi connectivity index (χ4v) is 4.40. The van der Waals surface area contributed by atoms with E-state index < -0.39 is 0 Å². The molecule has 0 unspecified atom stereocenters. The lowest BCUT2D eigenvalue weighted by Gasteiger charge is -2.25. The molecular weight excluding hydrogens is 371 g/mol. The Morgan fingerprint density at radius 1 is 1.07 bits per heavy atom. The Kier molecular flexibility index (Phi) is 4.91. The highest BCUT2D eigenvalue weighted by Gasteiger charge is 2.37. The van der Waals surface area contributed by atoms with E-state index in [1.807, 2.05) is 11.1 Å². The third-order valence-corrected chi connectivity index (χ3v) is 6.10. The summed E-state index contributed by atoms with van der Waals surface area (Å²) in [5.74, 6) is 0.812. The first-order valence-electron chi connectivity index (χ1n) is 10.4. The van der Waals surface area contributed by atoms with Crippen LogP contribution in [-0.2, 0) is 0 Å². The van der Waals surface area contributed by atoms with Crippen molar-refractivity contribution in [1.29, 1.82) is 0 Å². The van der Waals surface area contributed by atoms with E-state index in [9.17, 15) is 9.18 Å². The normalized spacial score (nSPS) is 24.8. The van der Waals surface area contributed by atoms with Gasteiger partial charge in [0.15, 0.2) is 0 Å². The van der Waals surface area contributed by atoms with Crippen molar-refractivity contribution in [2.45, 2.75) is 43.7 Å². The number of rotatable bonds is 4. The molecule has 0 N–H and O–H groups in total. The number of carbonyl (C=O) groups excluding carboxylic acids is 1. The Hall–Kier alpha value is -2.54. The molecule has 0 radical (unpaired) electrons. The second-order valence-electron chi connectivity index (χ2n) is 8.29. The lowest BCUT2D eigenvalue weighted by molar-refractivity contribution is 0.0742. The second-order valence-corrected chi connectivity index (χ2v) is 8.29. The number of hydrogen-bond acceptors (Lipinski definition) is 5. The molecule has 1 aromatic carbocycles. The number of benzene rings is 1. The minimum absolute atomic E-state index is 0.0299. The van der Waals surface area contributed by atoms with Crippen LogP contribution in [0.2, 0.25) is 0 Å². The number of ether oxygens (including phenoxy) is 1. The standard InChI is InChI=1S/C22H25FN4O2/c23-17-6-4-16(5-7-17)22(28)27-9-1-8-26-14-19(10-18(26)13-27)29-21-12-24-20(11-25-21)15-2-3-15/h4-7,11-12,15,18-19H,1-3,8-10,13-14H2/t18-,19-/m0/s1. The molecule has 2 aliphatic heterocycles. The molecule has 3 heterocycles. The molecule has 7 heteroatoms. The summed E-state index contributed by atoms with van der Waals surface area (Å²) in [6, 6.07) is 6.07. The highest BCUT2D eigenvalue weighted by atomic mass is 19.1. The average molecular weight is 396 g/mol. The van der Waals surface area contributed by atoms with E-state index in [4.69, 9.17) is 4.74 Å². The largest absolute Gasteiger partial charge is 0.472 e. The number of amides is 1. The zero-order chi connectivity index (χ0) is 19.8. The van der Waals surface area contributed by atoms with Gasteiger partial charge in [0.25, 0.3) is 5.91 Å². The quantitative estimate of drug-likeness (QED) is 0.795. The number of aromatic nitrogens is 2. The van der Waals surface area contributed by atoms with Gasteiger partial charge in [-0.1, -0.05) is 0 Å². The maximum absolute atomic E-state index is 13.2. The van der Waals surface area contributed by atoms with Gasteiger partial charge >= 0.3 is 0 Å². The number of halogens is 1. The van der Waals surface area contributed by atoms with Crippen molar-refractivity contribution < 1.29 is 13.9 Å². The topological polar surface area (TPSA) is 58.6 Å². The lowest BCUT2D eigenvalue weighted by atomic mass is 10.1. The van der Waals surface area contributed by atoms with Gasteiger partial charge in [0.05, 0.1) is 18.1 Å². The third kappa shape index (κ3) is 4.10. The Bertz CT molecular complexity index is 869. The van der Waals surface area contributed by atoms with E-state index in [1.54, 1.807) is 18.3 Å². The average Bonchev–Trinajstić information content (AvgIpc) is 3.54. The van der Waals surface area contributed by atoms with Crippen LogP contribution >= 0.6 is 0 Å². The zero-order valence-corrected chi connectivity index (χ0v) is 16.3. The Labute approximate surface area is 169 Å². The van der Waals surface area contributed by atoms with Crippen LogP contribution in [0, 0.1) is 5.82 Å². The van der Waals surface area contributed by atoms with Crippen LogP contribution in [0.25, 0.3) is 0 Å². The van der Waals surface area contributed by atoms with Crippen molar-refractivity contribution in [2.75, 3.05) is 26.2 Å². The Balaban J connectivity index is 1.21. The number of fused-ring (bicyclic) bond motifs is 1. The maximum Gasteiger partial charge on any atom is 0.253 e. The zero-order valence-electron chi connectivity index (χ0n) is 16.3. The molecule has 2 aromatic rings. The number of carbonyl (C=O) groups is 1. The first-order chi connectivity index (χ1) is 14.2. The smallest absolute Gasteiger partial charge is 0.253 e. The summed E-state index contributed by atoms with van der Waals surface area (Å²) in [6.07, 6.45) is 7.83. The highest BCUT2D eigenvalue weighted by molar-refractivity contribution is 5.94. The molecule has 1 aromatic heterocycles. The van der Waals surface area contributed by atoms with Gasteiger partial charge in [0.1, 0.15) is 11.9 Å². The summed E-state index contributed by atoms with van der Waals surface area (Å²) in [5.41, 5.74) is 1.60. The molecule has 5 rings (SSSR count). The van der Waals surface area contributed by atoms with Gasteiger partial charge in [-0.15, -0.1) is 0 Å². The van der Waals surface area contributed by atoms with Crippen molar-refractivity contribution in [3.05, 3.63) is 53.7 Å². The van der Waals surface area contributed by atoms with Crippen LogP contribution in [-0.4, -0.2) is 64.0 Å². The van der Waals surface area contributed by atoms with Crippen LogP contribution in [0.15, 0.2) is 36.7 Å². The van der Waals surface area contributed by atoms with E-state index >= 15 is 0 Å². The van der Waals surface area contributed by atoms with Crippen LogP contribution in [0.4, 0.5) is 4.39 Å². The Morgan fingerprint density at radius 3 is 2.62 bits per heavy atom. The summed E-state index contributed by atoms with van der Waals surface area (Å²) in [5, 5.41) is 0. The van der Waals surface area contributed by atoms with Gasteiger partial charge < -0.3 is 9.64 Å². The molecule has 29 heavy (non-hydrogen) atoms. The SMILES string of the molecule is O=C(c1ccc(F)cc1)N1CCCN2C[C@@H](Oc3cnc(C4CC4)cn3)C[C@H]2C1. The van der Waals surface area contributed by atoms with Crippen LogP contribution < -0.4 is 4.74 Å². The van der Waals surface area contributed by atoms with Gasteiger partial charge in [0, 0.05) is 50.1 Å². The van der Waals surface area contributed by atoms with Crippen LogP contribution in [0.5, 0.6) is 5.88 Å². The summed E-state index contributed by atoms with van der Waals surface area (Å²) in [4.78, 5) is 26.1. The summed E-state index contributed by atoms with van der Waals surface area (Å²) in [7, 11) is 0. The predicted octanol–water partition coefficient (Wildman–Crippen LogP) is 2.86. The molecule has 0 spiro atoms. The van der Waals surface area contributed by atoms with Gasteiger partial charge in [-0.3, -0.25) is 14.7 Å². The van der Waals surface area contributed by atoms with Crippen LogP contribution in [0.1, 0.15) is 47.7 Å². The molecule has 6 nitrogen and oxygen atoms in total. The van der Waals surface area contributed by atoms with E-state index in [1.165, 1.54) is 25.0 Å². The molecule has 3 fully saturated rings. The minimum atomic E-state index is -0.326. The molecule has 0 bridgehead atoms. The molecule has 1 amide bonds. The lowest BCUT2D eigenvalue weighted by Crippen LogP contribution is -2.39. The van der Waals surface area contributed by atoms with Gasteiger partial charge in [0.2, 0.25) is 5.88 Å². The molecule has 2 atom stereocenters. The summed E-state index contributed by atoms with van der Waals surface area (Å²) < 4.78 is 19.3. The summed E-state index contributed by atoms with van der Waals surface area (Å²) >= 11 is 0. The summed E-state index contributed by atoms with van der Waals surface area (Å²) in [6.45, 7) is 3.19. The first-order valence-corrected chi connectivity index (χ1v) is 10.4. The molecule has 2 saturated heterocycles. The molecule has 1 aliphatic carbocycles. The van der Waals surface area contributed by atoms with E-state index in [0.29, 0.717) is 23.9 Å². The van der Waals surface area contributed by atoms with Crippen molar-refractivity contribution >= 4 is 5.91 Å². The Morgan fingerprint density at radius 2 is 1.90 bits per heavy atom. The van der Waals surface area contributed by atoms with E-state index in [0.717, 1.165) is 38.2 Å². The first kappa shape index (κ1) is 18.5. The molecule has 3 aliphatic rings. The fraction of sp³-hybridized carbons (Fsp3) is 0.500. The highest BCUT2D eigenvalue weighted by Crippen LogP contribution is 2.38. The monoisotopic (exact) mass is 396 g/mol. The minimum Gasteiger partial charge on any atom is -0.472 e. The van der Waals surface area contributed by atoms with Gasteiger partial charge in [-0.2, -0.15) is 0 Å². The van der Waals surface area contributed by atoms with Crippen LogP contribution in [0.3, 0.4) is 0 Å². The number of nitrogens with zero attached hydrogens (tertiary/aromatic N) is 4. The predicted molar refractivity (Wildman–Crippen MR) is 105 cm³/mol. The van der Waals surface area contributed by atoms with Crippen molar-refractivity contribution in [1.82, 2.24) is 19.8 Å². The van der Waals surface area contributed by atoms with Gasteiger partial charge in [-0.05, 0) is 43.5 Å². The van der Waals surface area contributed by atoms with Crippen molar-refractivity contribution in [3.8, 4) is 5.88 Å². The fourth-order valence-electron chi connectivity index (χ4n) is 4.40. The molecule has 152 valence electrons. The van der Waals surface area contributed by atoms with Gasteiger partial charge in [-0.25, -0.2) is 9.37 Å². The maximum atomic E-state index is 13.2. The second kappa shape index (κ2) is 7.71. The van der Waals surface area contributed by atoms with Crippen molar-refractivity contribution in [3.63, 3.8) is 0 Å². The molecular formula is C22H25FN4O2. The van der Waals surface area contributed by atoms with Crippen molar-refractivity contribution in [2.24, 2.45) is 0 Å². The molecule has 1 saturated carbocycles. The third-order valence-electron chi connectivity index (χ3n) is 6.10. The van der Waals surface area contributed by atoms with E-state index in [2.05, 4.69) is 14.9 Å².